The Balaban J connectivity index is 1.73. The first kappa shape index (κ1) is 22.1. The molecule has 1 heterocycles. The molecule has 0 aromatic heterocycles. The molecule has 1 N–H and O–H groups in total. The van der Waals surface area contributed by atoms with Gasteiger partial charge in [-0.05, 0) is 31.4 Å². The monoisotopic (exact) mass is 410 g/mol. The topological polar surface area (TPSA) is 72.8 Å². The molecule has 5 nitrogen and oxygen atoms in total. The zero-order valence-corrected chi connectivity index (χ0v) is 17.9. The molecule has 30 heavy (non-hydrogen) atoms. The third kappa shape index (κ3) is 4.76. The van der Waals surface area contributed by atoms with Crippen molar-refractivity contribution in [3.05, 3.63) is 41.5 Å². The van der Waals surface area contributed by atoms with E-state index in [0.717, 1.165) is 23.3 Å². The number of hydrogen-bond donors (Lipinski definition) is 1. The molecule has 0 bridgehead atoms. The van der Waals surface area contributed by atoms with Gasteiger partial charge in [0.2, 0.25) is 0 Å². The van der Waals surface area contributed by atoms with Crippen molar-refractivity contribution in [2.75, 3.05) is 7.11 Å². The number of aliphatic hydroxyl groups is 1. The second kappa shape index (κ2) is 9.95. The van der Waals surface area contributed by atoms with Crippen LogP contribution in [0.2, 0.25) is 0 Å². The number of methoxy groups -OCH3 is 1. The Hall–Kier alpha value is -2.58. The molecule has 1 aliphatic heterocycles. The molecule has 1 fully saturated rings. The van der Waals surface area contributed by atoms with Crippen molar-refractivity contribution in [2.45, 2.75) is 64.1 Å². The highest BCUT2D eigenvalue weighted by atomic mass is 16.5. The maximum atomic E-state index is 12.4. The van der Waals surface area contributed by atoms with E-state index < -0.39 is 6.10 Å². The van der Waals surface area contributed by atoms with E-state index in [4.69, 9.17) is 9.47 Å². The average Bonchev–Trinajstić information content (AvgIpc) is 3.25. The van der Waals surface area contributed by atoms with E-state index in [-0.39, 0.29) is 35.6 Å². The lowest BCUT2D eigenvalue weighted by molar-refractivity contribution is -0.140. The predicted octanol–water partition coefficient (Wildman–Crippen LogP) is 3.58. The quantitative estimate of drug-likeness (QED) is 0.403. The van der Waals surface area contributed by atoms with E-state index in [2.05, 4.69) is 11.8 Å². The third-order valence-corrected chi connectivity index (χ3v) is 6.10. The van der Waals surface area contributed by atoms with E-state index in [1.807, 2.05) is 31.2 Å². The highest BCUT2D eigenvalue weighted by molar-refractivity contribution is 5.91. The molecule has 1 aliphatic carbocycles. The lowest BCUT2D eigenvalue weighted by Gasteiger charge is -2.17. The summed E-state index contributed by atoms with van der Waals surface area (Å²) >= 11 is 0. The number of benzene rings is 1. The summed E-state index contributed by atoms with van der Waals surface area (Å²) in [4.78, 5) is 23.8. The molecule has 0 saturated heterocycles. The molecule has 5 atom stereocenters. The van der Waals surface area contributed by atoms with Crippen molar-refractivity contribution in [3.8, 4) is 17.6 Å². The summed E-state index contributed by atoms with van der Waals surface area (Å²) < 4.78 is 11.0. The minimum Gasteiger partial charge on any atom is -0.489 e. The van der Waals surface area contributed by atoms with Crippen LogP contribution in [0.5, 0.6) is 5.75 Å². The van der Waals surface area contributed by atoms with Gasteiger partial charge in [-0.3, -0.25) is 9.59 Å². The summed E-state index contributed by atoms with van der Waals surface area (Å²) in [5.74, 6) is 6.18. The maximum Gasteiger partial charge on any atom is 0.305 e. The van der Waals surface area contributed by atoms with Crippen LogP contribution in [0.25, 0.3) is 0 Å². The molecular weight excluding hydrogens is 380 g/mol. The van der Waals surface area contributed by atoms with Crippen molar-refractivity contribution in [2.24, 2.45) is 11.8 Å². The molecule has 0 unspecified atom stereocenters. The van der Waals surface area contributed by atoms with Gasteiger partial charge in [-0.15, -0.1) is 11.8 Å². The van der Waals surface area contributed by atoms with Crippen LogP contribution in [-0.2, 0) is 20.7 Å². The second-order valence-electron chi connectivity index (χ2n) is 8.12. The van der Waals surface area contributed by atoms with E-state index in [9.17, 15) is 14.7 Å². The number of aryl methyl sites for hydroxylation is 1. The van der Waals surface area contributed by atoms with E-state index in [0.29, 0.717) is 25.7 Å². The predicted molar refractivity (Wildman–Crippen MR) is 114 cm³/mol. The smallest absolute Gasteiger partial charge is 0.305 e. The lowest BCUT2D eigenvalue weighted by Crippen LogP contribution is -2.17. The van der Waals surface area contributed by atoms with Crippen LogP contribution in [0.1, 0.15) is 56.6 Å². The third-order valence-electron chi connectivity index (χ3n) is 6.10. The van der Waals surface area contributed by atoms with E-state index in [1.54, 1.807) is 13.0 Å². The highest BCUT2D eigenvalue weighted by Gasteiger charge is 2.48. The SMILES string of the molecule is CC#CC[C@@H](C)C(=O)C=C[C@@H]1[C@H]2c3cccc(CCCC(=O)OC)c3O[C@H]2C[C@H]1O. The summed E-state index contributed by atoms with van der Waals surface area (Å²) in [5, 5.41) is 10.6. The number of aliphatic hydroxyl groups excluding tert-OH is 1. The van der Waals surface area contributed by atoms with E-state index >= 15 is 0 Å². The van der Waals surface area contributed by atoms with Crippen LogP contribution in [0.3, 0.4) is 0 Å². The van der Waals surface area contributed by atoms with Gasteiger partial charge in [-0.1, -0.05) is 31.2 Å². The van der Waals surface area contributed by atoms with Gasteiger partial charge in [0.15, 0.2) is 5.78 Å². The normalized spacial score (nSPS) is 25.1. The van der Waals surface area contributed by atoms with Crippen LogP contribution < -0.4 is 4.74 Å². The number of carbonyl (C=O) groups is 2. The largest absolute Gasteiger partial charge is 0.489 e. The molecule has 1 aromatic rings. The van der Waals surface area contributed by atoms with Gasteiger partial charge in [-0.25, -0.2) is 0 Å². The number of carbonyl (C=O) groups excluding carboxylic acids is 2. The number of hydrogen-bond acceptors (Lipinski definition) is 5. The van der Waals surface area contributed by atoms with Gasteiger partial charge in [0.25, 0.3) is 0 Å². The molecule has 1 saturated carbocycles. The maximum absolute atomic E-state index is 12.4. The van der Waals surface area contributed by atoms with Crippen LogP contribution in [0.4, 0.5) is 0 Å². The first-order chi connectivity index (χ1) is 14.5. The Morgan fingerprint density at radius 3 is 2.93 bits per heavy atom. The van der Waals surface area contributed by atoms with Gasteiger partial charge in [-0.2, -0.15) is 0 Å². The number of allylic oxidation sites excluding steroid dienone is 1. The second-order valence-corrected chi connectivity index (χ2v) is 8.12. The van der Waals surface area contributed by atoms with Crippen LogP contribution in [0, 0.1) is 23.7 Å². The fourth-order valence-electron chi connectivity index (χ4n) is 4.42. The molecule has 0 amide bonds. The summed E-state index contributed by atoms with van der Waals surface area (Å²) in [6.45, 7) is 3.64. The molecule has 5 heteroatoms. The number of ketones is 1. The molecule has 160 valence electrons. The standard InChI is InChI=1S/C25H30O5/c1-4-5-8-16(2)20(26)14-13-18-21(27)15-22-24(18)19-11-6-9-17(25(19)30-22)10-7-12-23(28)29-3/h6,9,11,13-14,16,18,21-22,24,27H,7-8,10,12,15H2,1-3H3/t16-,18+,21-,22+,24+/m1/s1. The molecule has 0 spiro atoms. The van der Waals surface area contributed by atoms with Crippen molar-refractivity contribution < 1.29 is 24.2 Å². The Bertz CT molecular complexity index is 875. The number of ether oxygens (including phenoxy) is 2. The first-order valence-electron chi connectivity index (χ1n) is 10.6. The van der Waals surface area contributed by atoms with Crippen molar-refractivity contribution in [3.63, 3.8) is 0 Å². The zero-order valence-electron chi connectivity index (χ0n) is 17.9. The van der Waals surface area contributed by atoms with Crippen LogP contribution in [-0.4, -0.2) is 36.2 Å². The van der Waals surface area contributed by atoms with Gasteiger partial charge >= 0.3 is 5.97 Å². The molecule has 0 radical (unpaired) electrons. The number of rotatable bonds is 8. The molecule has 2 aliphatic rings. The summed E-state index contributed by atoms with van der Waals surface area (Å²) in [6.07, 6.45) is 5.72. The summed E-state index contributed by atoms with van der Waals surface area (Å²) in [7, 11) is 1.40. The number of esters is 1. The van der Waals surface area contributed by atoms with E-state index in [1.165, 1.54) is 7.11 Å². The Morgan fingerprint density at radius 2 is 2.20 bits per heavy atom. The van der Waals surface area contributed by atoms with Gasteiger partial charge < -0.3 is 14.6 Å². The Kier molecular flexibility index (Phi) is 7.33. The number of para-hydroxylation sites is 1. The number of fused-ring (bicyclic) bond motifs is 3. The molecule has 1 aromatic carbocycles. The van der Waals surface area contributed by atoms with Crippen molar-refractivity contribution in [1.29, 1.82) is 0 Å². The molecular formula is C25H30O5. The fourth-order valence-corrected chi connectivity index (χ4v) is 4.42. The van der Waals surface area contributed by atoms with Gasteiger partial charge in [0, 0.05) is 42.6 Å². The minimum atomic E-state index is -0.536. The lowest BCUT2D eigenvalue weighted by atomic mass is 9.86. The Morgan fingerprint density at radius 1 is 1.40 bits per heavy atom. The Labute approximate surface area is 178 Å². The fraction of sp³-hybridized carbons (Fsp3) is 0.520. The minimum absolute atomic E-state index is 0.0316. The average molecular weight is 411 g/mol. The van der Waals surface area contributed by atoms with Crippen LogP contribution in [0.15, 0.2) is 30.4 Å². The highest BCUT2D eigenvalue weighted by Crippen LogP contribution is 2.52. The van der Waals surface area contributed by atoms with Crippen molar-refractivity contribution >= 4 is 11.8 Å². The first-order valence-corrected chi connectivity index (χ1v) is 10.6. The molecule has 3 rings (SSSR count). The summed E-state index contributed by atoms with van der Waals surface area (Å²) in [5.41, 5.74) is 2.16. The van der Waals surface area contributed by atoms with Gasteiger partial charge in [0.05, 0.1) is 13.2 Å². The summed E-state index contributed by atoms with van der Waals surface area (Å²) in [6, 6.07) is 6.07. The van der Waals surface area contributed by atoms with Gasteiger partial charge in [0.1, 0.15) is 11.9 Å². The van der Waals surface area contributed by atoms with Crippen LogP contribution >= 0.6 is 0 Å². The zero-order chi connectivity index (χ0) is 21.7. The van der Waals surface area contributed by atoms with Crippen molar-refractivity contribution in [1.82, 2.24) is 0 Å².